The number of hydrogen-bond donors (Lipinski definition) is 2. The van der Waals surface area contributed by atoms with E-state index >= 15 is 0 Å². The molecule has 2 aliphatic heterocycles. The lowest BCUT2D eigenvalue weighted by atomic mass is 9.98. The summed E-state index contributed by atoms with van der Waals surface area (Å²) >= 11 is 0. The van der Waals surface area contributed by atoms with Gasteiger partial charge in [0, 0.05) is 32.2 Å². The standard InChI is InChI=1S/C9H16N2O2/c12-9(11-8-5-10-6-8)7-1-3-13-4-2-7/h7-8,10H,1-6H2,(H,11,12). The Hall–Kier alpha value is -0.610. The highest BCUT2D eigenvalue weighted by atomic mass is 16.5. The minimum Gasteiger partial charge on any atom is -0.381 e. The molecule has 13 heavy (non-hydrogen) atoms. The highest BCUT2D eigenvalue weighted by Crippen LogP contribution is 2.14. The molecule has 0 aromatic rings. The second-order valence-corrected chi connectivity index (χ2v) is 3.75. The maximum absolute atomic E-state index is 11.6. The summed E-state index contributed by atoms with van der Waals surface area (Å²) in [5.74, 6) is 0.407. The minimum atomic E-state index is 0.189. The van der Waals surface area contributed by atoms with Gasteiger partial charge >= 0.3 is 0 Å². The average molecular weight is 184 g/mol. The van der Waals surface area contributed by atoms with E-state index < -0.39 is 0 Å². The third kappa shape index (κ3) is 2.19. The SMILES string of the molecule is O=C(NC1CNC1)C1CCOCC1. The van der Waals surface area contributed by atoms with E-state index in [9.17, 15) is 4.79 Å². The van der Waals surface area contributed by atoms with Crippen LogP contribution >= 0.6 is 0 Å². The first kappa shape index (κ1) is 8.97. The van der Waals surface area contributed by atoms with E-state index in [0.717, 1.165) is 39.1 Å². The van der Waals surface area contributed by atoms with E-state index in [0.29, 0.717) is 6.04 Å². The van der Waals surface area contributed by atoms with Crippen molar-refractivity contribution < 1.29 is 9.53 Å². The van der Waals surface area contributed by atoms with E-state index in [4.69, 9.17) is 4.74 Å². The molecule has 2 aliphatic rings. The largest absolute Gasteiger partial charge is 0.381 e. The Morgan fingerprint density at radius 1 is 1.31 bits per heavy atom. The molecular weight excluding hydrogens is 168 g/mol. The maximum Gasteiger partial charge on any atom is 0.223 e. The van der Waals surface area contributed by atoms with Gasteiger partial charge in [-0.05, 0) is 12.8 Å². The molecule has 0 aromatic carbocycles. The van der Waals surface area contributed by atoms with Crippen LogP contribution in [0.2, 0.25) is 0 Å². The van der Waals surface area contributed by atoms with Crippen LogP contribution in [0.25, 0.3) is 0 Å². The zero-order chi connectivity index (χ0) is 9.10. The van der Waals surface area contributed by atoms with Gasteiger partial charge in [0.25, 0.3) is 0 Å². The number of carbonyl (C=O) groups excluding carboxylic acids is 1. The van der Waals surface area contributed by atoms with Gasteiger partial charge in [-0.15, -0.1) is 0 Å². The van der Waals surface area contributed by atoms with Crippen LogP contribution in [-0.2, 0) is 9.53 Å². The summed E-state index contributed by atoms with van der Waals surface area (Å²) in [6.45, 7) is 3.33. The van der Waals surface area contributed by atoms with Crippen molar-refractivity contribution in [3.63, 3.8) is 0 Å². The molecule has 0 aromatic heterocycles. The lowest BCUT2D eigenvalue weighted by Crippen LogP contribution is -2.58. The number of ether oxygens (including phenoxy) is 1. The van der Waals surface area contributed by atoms with E-state index in [-0.39, 0.29) is 11.8 Å². The van der Waals surface area contributed by atoms with Gasteiger partial charge in [-0.3, -0.25) is 4.79 Å². The van der Waals surface area contributed by atoms with Crippen molar-refractivity contribution in [3.05, 3.63) is 0 Å². The smallest absolute Gasteiger partial charge is 0.223 e. The summed E-state index contributed by atoms with van der Waals surface area (Å²) in [5, 5.41) is 6.16. The topological polar surface area (TPSA) is 50.4 Å². The molecule has 0 unspecified atom stereocenters. The van der Waals surface area contributed by atoms with Gasteiger partial charge in [-0.1, -0.05) is 0 Å². The zero-order valence-corrected chi connectivity index (χ0v) is 7.71. The van der Waals surface area contributed by atoms with Crippen LogP contribution in [0.5, 0.6) is 0 Å². The predicted molar refractivity (Wildman–Crippen MR) is 48.3 cm³/mol. The second kappa shape index (κ2) is 4.07. The predicted octanol–water partition coefficient (Wildman–Crippen LogP) is -0.499. The summed E-state index contributed by atoms with van der Waals surface area (Å²) < 4.78 is 5.20. The lowest BCUT2D eigenvalue weighted by Gasteiger charge is -2.30. The molecule has 0 spiro atoms. The highest BCUT2D eigenvalue weighted by molar-refractivity contribution is 5.79. The summed E-state index contributed by atoms with van der Waals surface area (Å²) in [5.41, 5.74) is 0. The summed E-state index contributed by atoms with van der Waals surface area (Å²) in [6.07, 6.45) is 1.76. The van der Waals surface area contributed by atoms with Gasteiger partial charge in [0.2, 0.25) is 5.91 Å². The molecule has 2 fully saturated rings. The Morgan fingerprint density at radius 3 is 2.54 bits per heavy atom. The fraction of sp³-hybridized carbons (Fsp3) is 0.889. The van der Waals surface area contributed by atoms with Gasteiger partial charge < -0.3 is 15.4 Å². The fourth-order valence-electron chi connectivity index (χ4n) is 1.67. The van der Waals surface area contributed by atoms with Crippen LogP contribution in [-0.4, -0.2) is 38.3 Å². The van der Waals surface area contributed by atoms with Crippen LogP contribution in [0.1, 0.15) is 12.8 Å². The van der Waals surface area contributed by atoms with Crippen molar-refractivity contribution in [2.24, 2.45) is 5.92 Å². The second-order valence-electron chi connectivity index (χ2n) is 3.75. The molecular formula is C9H16N2O2. The van der Waals surface area contributed by atoms with Gasteiger partial charge in [-0.25, -0.2) is 0 Å². The van der Waals surface area contributed by atoms with Crippen molar-refractivity contribution in [2.75, 3.05) is 26.3 Å². The van der Waals surface area contributed by atoms with Crippen molar-refractivity contribution in [1.29, 1.82) is 0 Å². The summed E-state index contributed by atoms with van der Waals surface area (Å²) in [7, 11) is 0. The number of nitrogens with one attached hydrogen (secondary N) is 2. The summed E-state index contributed by atoms with van der Waals surface area (Å²) in [4.78, 5) is 11.6. The molecule has 2 heterocycles. The molecule has 2 saturated heterocycles. The van der Waals surface area contributed by atoms with Crippen LogP contribution in [0.15, 0.2) is 0 Å². The van der Waals surface area contributed by atoms with Gasteiger partial charge in [-0.2, -0.15) is 0 Å². The lowest BCUT2D eigenvalue weighted by molar-refractivity contribution is -0.128. The molecule has 74 valence electrons. The molecule has 4 heteroatoms. The molecule has 0 saturated carbocycles. The van der Waals surface area contributed by atoms with E-state index in [1.54, 1.807) is 0 Å². The zero-order valence-electron chi connectivity index (χ0n) is 7.71. The molecule has 0 radical (unpaired) electrons. The monoisotopic (exact) mass is 184 g/mol. The highest BCUT2D eigenvalue weighted by Gasteiger charge is 2.25. The van der Waals surface area contributed by atoms with Crippen LogP contribution in [0, 0.1) is 5.92 Å². The minimum absolute atomic E-state index is 0.189. The first-order valence-electron chi connectivity index (χ1n) is 4.95. The molecule has 0 bridgehead atoms. The van der Waals surface area contributed by atoms with Crippen LogP contribution < -0.4 is 10.6 Å². The van der Waals surface area contributed by atoms with Crippen LogP contribution in [0.3, 0.4) is 0 Å². The van der Waals surface area contributed by atoms with Crippen molar-refractivity contribution >= 4 is 5.91 Å². The van der Waals surface area contributed by atoms with Gasteiger partial charge in [0.15, 0.2) is 0 Å². The molecule has 1 amide bonds. The normalized spacial score (nSPS) is 25.2. The van der Waals surface area contributed by atoms with E-state index in [1.807, 2.05) is 0 Å². The summed E-state index contributed by atoms with van der Waals surface area (Å²) in [6, 6.07) is 0.371. The van der Waals surface area contributed by atoms with Gasteiger partial charge in [0.05, 0.1) is 6.04 Å². The average Bonchev–Trinajstić information content (AvgIpc) is 2.12. The number of rotatable bonds is 2. The number of carbonyl (C=O) groups is 1. The van der Waals surface area contributed by atoms with Crippen LogP contribution in [0.4, 0.5) is 0 Å². The van der Waals surface area contributed by atoms with Crippen molar-refractivity contribution in [3.8, 4) is 0 Å². The van der Waals surface area contributed by atoms with Gasteiger partial charge in [0.1, 0.15) is 0 Å². The molecule has 0 atom stereocenters. The Morgan fingerprint density at radius 2 is 2.00 bits per heavy atom. The number of hydrogen-bond acceptors (Lipinski definition) is 3. The Balaban J connectivity index is 1.74. The maximum atomic E-state index is 11.6. The van der Waals surface area contributed by atoms with E-state index in [2.05, 4.69) is 10.6 Å². The molecule has 0 aliphatic carbocycles. The van der Waals surface area contributed by atoms with Crippen molar-refractivity contribution in [1.82, 2.24) is 10.6 Å². The fourth-order valence-corrected chi connectivity index (χ4v) is 1.67. The third-order valence-corrected chi connectivity index (χ3v) is 2.72. The molecule has 2 rings (SSSR count). The Labute approximate surface area is 78.0 Å². The first-order valence-corrected chi connectivity index (χ1v) is 4.95. The molecule has 4 nitrogen and oxygen atoms in total. The first-order chi connectivity index (χ1) is 6.36. The third-order valence-electron chi connectivity index (χ3n) is 2.72. The van der Waals surface area contributed by atoms with Crippen molar-refractivity contribution in [2.45, 2.75) is 18.9 Å². The molecule has 2 N–H and O–H groups in total. The number of amides is 1. The quantitative estimate of drug-likeness (QED) is 0.608. The Kier molecular flexibility index (Phi) is 2.80. The van der Waals surface area contributed by atoms with E-state index in [1.165, 1.54) is 0 Å². The Bertz CT molecular complexity index is 186.